The Kier molecular flexibility index (Phi) is 6.55. The summed E-state index contributed by atoms with van der Waals surface area (Å²) in [6.45, 7) is 4.13. The van der Waals surface area contributed by atoms with Crippen molar-refractivity contribution < 1.29 is 13.9 Å². The van der Waals surface area contributed by atoms with Gasteiger partial charge in [0.1, 0.15) is 11.6 Å². The van der Waals surface area contributed by atoms with Gasteiger partial charge in [-0.2, -0.15) is 0 Å². The number of H-pyrrole nitrogens is 1. The SMILES string of the molecule is Cc1nc(-c2ccncc2)[nH]c(=O)c1CCC(=O)Nc1ccc(N2CCOCC2)c(F)c1. The number of aryl methyl sites for hydroxylation is 1. The van der Waals surface area contributed by atoms with Gasteiger partial charge in [0, 0.05) is 54.4 Å². The van der Waals surface area contributed by atoms with Crippen molar-refractivity contribution >= 4 is 17.3 Å². The van der Waals surface area contributed by atoms with Crippen molar-refractivity contribution in [2.24, 2.45) is 0 Å². The number of morpholine rings is 1. The van der Waals surface area contributed by atoms with Crippen LogP contribution >= 0.6 is 0 Å². The van der Waals surface area contributed by atoms with E-state index < -0.39 is 5.82 Å². The Bertz CT molecular complexity index is 1160. The molecule has 0 spiro atoms. The third kappa shape index (κ3) is 5.00. The van der Waals surface area contributed by atoms with Crippen molar-refractivity contribution in [1.29, 1.82) is 0 Å². The van der Waals surface area contributed by atoms with Gasteiger partial charge in [0.15, 0.2) is 0 Å². The van der Waals surface area contributed by atoms with E-state index >= 15 is 0 Å². The molecule has 1 amide bonds. The summed E-state index contributed by atoms with van der Waals surface area (Å²) in [7, 11) is 0. The second kappa shape index (κ2) is 9.69. The Morgan fingerprint density at radius 3 is 2.66 bits per heavy atom. The number of aromatic amines is 1. The number of halogens is 1. The van der Waals surface area contributed by atoms with Crippen LogP contribution in [-0.4, -0.2) is 47.2 Å². The highest BCUT2D eigenvalue weighted by Gasteiger charge is 2.16. The zero-order valence-corrected chi connectivity index (χ0v) is 17.7. The van der Waals surface area contributed by atoms with E-state index in [2.05, 4.69) is 20.3 Å². The molecule has 1 aliphatic heterocycles. The number of nitrogens with zero attached hydrogens (tertiary/aromatic N) is 3. The van der Waals surface area contributed by atoms with Crippen molar-refractivity contribution in [3.05, 3.63) is 70.2 Å². The van der Waals surface area contributed by atoms with Crippen LogP contribution in [0.25, 0.3) is 11.4 Å². The molecule has 32 heavy (non-hydrogen) atoms. The van der Waals surface area contributed by atoms with Gasteiger partial charge in [0.25, 0.3) is 5.56 Å². The molecular formula is C23H24FN5O3. The average Bonchev–Trinajstić information content (AvgIpc) is 2.79. The third-order valence-electron chi connectivity index (χ3n) is 5.36. The highest BCUT2D eigenvalue weighted by Crippen LogP contribution is 2.24. The molecule has 1 saturated heterocycles. The summed E-state index contributed by atoms with van der Waals surface area (Å²) in [6.07, 6.45) is 3.55. The Balaban J connectivity index is 1.39. The molecule has 3 heterocycles. The van der Waals surface area contributed by atoms with Crippen molar-refractivity contribution in [2.45, 2.75) is 19.8 Å². The fourth-order valence-electron chi connectivity index (χ4n) is 3.66. The van der Waals surface area contributed by atoms with Crippen molar-refractivity contribution in [3.63, 3.8) is 0 Å². The lowest BCUT2D eigenvalue weighted by Gasteiger charge is -2.29. The molecule has 2 N–H and O–H groups in total. The maximum Gasteiger partial charge on any atom is 0.254 e. The Morgan fingerprint density at radius 2 is 1.97 bits per heavy atom. The molecule has 2 aromatic heterocycles. The predicted molar refractivity (Wildman–Crippen MR) is 119 cm³/mol. The molecule has 0 saturated carbocycles. The molecule has 9 heteroatoms. The number of aromatic nitrogens is 3. The minimum atomic E-state index is -0.395. The molecule has 0 aliphatic carbocycles. The van der Waals surface area contributed by atoms with Crippen LogP contribution in [0.15, 0.2) is 47.5 Å². The number of carbonyl (C=O) groups is 1. The maximum absolute atomic E-state index is 14.5. The van der Waals surface area contributed by atoms with Gasteiger partial charge in [-0.05, 0) is 43.7 Å². The van der Waals surface area contributed by atoms with Crippen molar-refractivity contribution in [1.82, 2.24) is 15.0 Å². The van der Waals surface area contributed by atoms with Gasteiger partial charge >= 0.3 is 0 Å². The molecule has 1 aliphatic rings. The smallest absolute Gasteiger partial charge is 0.254 e. The standard InChI is InChI=1S/C23H24FN5O3/c1-15-18(23(31)28-22(26-15)16-6-8-25-9-7-16)3-5-21(30)27-17-2-4-20(19(24)14-17)29-10-12-32-13-11-29/h2,4,6-9,14H,3,5,10-13H2,1H3,(H,27,30)(H,26,28,31). The number of benzene rings is 1. The number of pyridine rings is 1. The van der Waals surface area contributed by atoms with Crippen molar-refractivity contribution in [2.75, 3.05) is 36.5 Å². The molecule has 0 unspecified atom stereocenters. The van der Waals surface area contributed by atoms with E-state index in [4.69, 9.17) is 4.74 Å². The number of nitrogens with one attached hydrogen (secondary N) is 2. The zero-order valence-electron chi connectivity index (χ0n) is 17.7. The highest BCUT2D eigenvalue weighted by molar-refractivity contribution is 5.91. The number of hydrogen-bond acceptors (Lipinski definition) is 6. The summed E-state index contributed by atoms with van der Waals surface area (Å²) >= 11 is 0. The summed E-state index contributed by atoms with van der Waals surface area (Å²) < 4.78 is 19.8. The summed E-state index contributed by atoms with van der Waals surface area (Å²) in [4.78, 5) is 38.0. The maximum atomic E-state index is 14.5. The molecule has 0 bridgehead atoms. The summed E-state index contributed by atoms with van der Waals surface area (Å²) in [6, 6.07) is 8.16. The molecule has 8 nitrogen and oxygen atoms in total. The number of rotatable bonds is 6. The first-order valence-electron chi connectivity index (χ1n) is 10.4. The molecule has 3 aromatic rings. The van der Waals surface area contributed by atoms with Crippen LogP contribution in [0.4, 0.5) is 15.8 Å². The summed E-state index contributed by atoms with van der Waals surface area (Å²) in [5, 5.41) is 2.70. The first-order valence-corrected chi connectivity index (χ1v) is 10.4. The number of amides is 1. The molecular weight excluding hydrogens is 413 g/mol. The van der Waals surface area contributed by atoms with Crippen LogP contribution in [0.2, 0.25) is 0 Å². The minimum Gasteiger partial charge on any atom is -0.378 e. The van der Waals surface area contributed by atoms with Gasteiger partial charge in [-0.3, -0.25) is 14.6 Å². The number of carbonyl (C=O) groups excluding carboxylic acids is 1. The van der Waals surface area contributed by atoms with Crippen LogP contribution < -0.4 is 15.8 Å². The van der Waals surface area contributed by atoms with E-state index in [9.17, 15) is 14.0 Å². The van der Waals surface area contributed by atoms with Crippen molar-refractivity contribution in [3.8, 4) is 11.4 Å². The third-order valence-corrected chi connectivity index (χ3v) is 5.36. The highest BCUT2D eigenvalue weighted by atomic mass is 19.1. The van der Waals surface area contributed by atoms with Crippen LogP contribution in [-0.2, 0) is 16.0 Å². The number of ether oxygens (including phenoxy) is 1. The quantitative estimate of drug-likeness (QED) is 0.615. The van der Waals surface area contributed by atoms with E-state index in [0.29, 0.717) is 54.8 Å². The topological polar surface area (TPSA) is 100 Å². The Labute approximate surface area is 184 Å². The van der Waals surface area contributed by atoms with Crippen LogP contribution in [0.3, 0.4) is 0 Å². The number of hydrogen-bond donors (Lipinski definition) is 2. The average molecular weight is 437 g/mol. The Hall–Kier alpha value is -3.59. The van der Waals surface area contributed by atoms with E-state index in [1.54, 1.807) is 43.6 Å². The molecule has 4 rings (SSSR count). The lowest BCUT2D eigenvalue weighted by molar-refractivity contribution is -0.116. The van der Waals surface area contributed by atoms with Gasteiger partial charge in [0.2, 0.25) is 5.91 Å². The molecule has 0 radical (unpaired) electrons. The normalized spacial score (nSPS) is 13.8. The summed E-state index contributed by atoms with van der Waals surface area (Å²) in [5.74, 6) is -0.243. The van der Waals surface area contributed by atoms with E-state index in [0.717, 1.165) is 5.56 Å². The van der Waals surface area contributed by atoms with Gasteiger partial charge in [-0.1, -0.05) is 0 Å². The monoisotopic (exact) mass is 437 g/mol. The molecule has 1 aromatic carbocycles. The van der Waals surface area contributed by atoms with Crippen LogP contribution in [0, 0.1) is 12.7 Å². The Morgan fingerprint density at radius 1 is 1.22 bits per heavy atom. The lowest BCUT2D eigenvalue weighted by Crippen LogP contribution is -2.36. The predicted octanol–water partition coefficient (Wildman–Crippen LogP) is 2.69. The van der Waals surface area contributed by atoms with E-state index in [1.165, 1.54) is 6.07 Å². The second-order valence-electron chi connectivity index (χ2n) is 7.53. The molecule has 0 atom stereocenters. The number of anilines is 2. The second-order valence-corrected chi connectivity index (χ2v) is 7.53. The molecule has 1 fully saturated rings. The fraction of sp³-hybridized carbons (Fsp3) is 0.304. The van der Waals surface area contributed by atoms with Gasteiger partial charge in [-0.15, -0.1) is 0 Å². The van der Waals surface area contributed by atoms with Gasteiger partial charge < -0.3 is 19.9 Å². The lowest BCUT2D eigenvalue weighted by atomic mass is 10.1. The van der Waals surface area contributed by atoms with Crippen LogP contribution in [0.5, 0.6) is 0 Å². The fourth-order valence-corrected chi connectivity index (χ4v) is 3.66. The largest absolute Gasteiger partial charge is 0.378 e. The van der Waals surface area contributed by atoms with Gasteiger partial charge in [0.05, 0.1) is 18.9 Å². The minimum absolute atomic E-state index is 0.0764. The van der Waals surface area contributed by atoms with E-state index in [1.807, 2.05) is 4.90 Å². The van der Waals surface area contributed by atoms with Gasteiger partial charge in [-0.25, -0.2) is 9.37 Å². The molecule has 166 valence electrons. The first-order chi connectivity index (χ1) is 15.5. The van der Waals surface area contributed by atoms with Crippen LogP contribution in [0.1, 0.15) is 17.7 Å². The van der Waals surface area contributed by atoms with E-state index in [-0.39, 0.29) is 24.3 Å². The zero-order chi connectivity index (χ0) is 22.5. The summed E-state index contributed by atoms with van der Waals surface area (Å²) in [5.41, 5.74) is 2.36. The first kappa shape index (κ1) is 21.6.